The molecular weight excluding hydrogens is 236 g/mol. The lowest BCUT2D eigenvalue weighted by atomic mass is 10.1. The zero-order valence-electron chi connectivity index (χ0n) is 10.9. The van der Waals surface area contributed by atoms with Gasteiger partial charge >= 0.3 is 5.97 Å². The number of carboxylic acid groups (broad SMARTS) is 1. The van der Waals surface area contributed by atoms with Crippen LogP contribution in [0.1, 0.15) is 26.2 Å². The molecule has 6 nitrogen and oxygen atoms in total. The number of hydrogen-bond acceptors (Lipinski definition) is 4. The number of nitrogens with zero attached hydrogens (tertiary/aromatic N) is 1. The monoisotopic (exact) mass is 258 g/mol. The quantitative estimate of drug-likeness (QED) is 0.632. The van der Waals surface area contributed by atoms with Gasteiger partial charge in [0.2, 0.25) is 5.91 Å². The Morgan fingerprint density at radius 2 is 2.06 bits per heavy atom. The lowest BCUT2D eigenvalue weighted by Crippen LogP contribution is -2.44. The highest BCUT2D eigenvalue weighted by Crippen LogP contribution is 2.13. The third-order valence-electron chi connectivity index (χ3n) is 2.94. The first-order chi connectivity index (χ1) is 8.63. The fourth-order valence-corrected chi connectivity index (χ4v) is 1.94. The second-order valence-electron chi connectivity index (χ2n) is 4.46. The molecule has 1 fully saturated rings. The second-order valence-corrected chi connectivity index (χ2v) is 4.46. The molecule has 0 spiro atoms. The van der Waals surface area contributed by atoms with Crippen LogP contribution in [0.25, 0.3) is 0 Å². The molecule has 0 aromatic rings. The minimum Gasteiger partial charge on any atom is -0.480 e. The molecule has 1 heterocycles. The molecule has 0 saturated carbocycles. The van der Waals surface area contributed by atoms with Crippen LogP contribution in [0.3, 0.4) is 0 Å². The van der Waals surface area contributed by atoms with E-state index in [0.29, 0.717) is 32.5 Å². The van der Waals surface area contributed by atoms with Crippen LogP contribution in [0.2, 0.25) is 0 Å². The molecule has 1 aliphatic heterocycles. The Bertz CT molecular complexity index is 275. The number of hydrogen-bond donors (Lipinski definition) is 2. The zero-order valence-corrected chi connectivity index (χ0v) is 10.9. The van der Waals surface area contributed by atoms with E-state index in [0.717, 1.165) is 13.0 Å². The van der Waals surface area contributed by atoms with E-state index in [1.807, 2.05) is 4.90 Å². The molecule has 0 atom stereocenters. The van der Waals surface area contributed by atoms with Gasteiger partial charge in [-0.25, -0.2) is 4.79 Å². The number of aliphatic carboxylic acids is 1. The molecule has 0 aliphatic carbocycles. The van der Waals surface area contributed by atoms with Gasteiger partial charge in [-0.15, -0.1) is 0 Å². The molecule has 0 bridgehead atoms. The minimum atomic E-state index is -0.947. The van der Waals surface area contributed by atoms with Crippen LogP contribution in [0, 0.1) is 0 Å². The SMILES string of the molecule is CCCNCC(=O)N1CCC(OCC(=O)O)CC1. The fourth-order valence-electron chi connectivity index (χ4n) is 1.94. The third kappa shape index (κ3) is 5.46. The number of carboxylic acids is 1. The normalized spacial score (nSPS) is 16.8. The Morgan fingerprint density at radius 1 is 1.39 bits per heavy atom. The van der Waals surface area contributed by atoms with E-state index in [4.69, 9.17) is 9.84 Å². The van der Waals surface area contributed by atoms with Gasteiger partial charge in [-0.1, -0.05) is 6.92 Å². The molecule has 18 heavy (non-hydrogen) atoms. The van der Waals surface area contributed by atoms with E-state index in [-0.39, 0.29) is 18.6 Å². The van der Waals surface area contributed by atoms with Crippen LogP contribution in [0.15, 0.2) is 0 Å². The van der Waals surface area contributed by atoms with Crippen LogP contribution in [0.4, 0.5) is 0 Å². The Morgan fingerprint density at radius 3 is 2.61 bits per heavy atom. The average molecular weight is 258 g/mol. The van der Waals surface area contributed by atoms with Gasteiger partial charge in [-0.3, -0.25) is 4.79 Å². The first-order valence-corrected chi connectivity index (χ1v) is 6.45. The molecule has 6 heteroatoms. The number of carbonyl (C=O) groups excluding carboxylic acids is 1. The van der Waals surface area contributed by atoms with Crippen LogP contribution >= 0.6 is 0 Å². The van der Waals surface area contributed by atoms with Crippen molar-refractivity contribution < 1.29 is 19.4 Å². The molecule has 1 amide bonds. The highest BCUT2D eigenvalue weighted by molar-refractivity contribution is 5.78. The smallest absolute Gasteiger partial charge is 0.329 e. The van der Waals surface area contributed by atoms with E-state index < -0.39 is 5.97 Å². The fraction of sp³-hybridized carbons (Fsp3) is 0.833. The van der Waals surface area contributed by atoms with Crippen molar-refractivity contribution in [2.45, 2.75) is 32.3 Å². The van der Waals surface area contributed by atoms with Crippen molar-refractivity contribution >= 4 is 11.9 Å². The number of nitrogens with one attached hydrogen (secondary N) is 1. The molecule has 1 saturated heterocycles. The summed E-state index contributed by atoms with van der Waals surface area (Å²) in [5, 5.41) is 11.6. The topological polar surface area (TPSA) is 78.9 Å². The summed E-state index contributed by atoms with van der Waals surface area (Å²) in [6.07, 6.45) is 2.41. The molecule has 0 aromatic heterocycles. The Balaban J connectivity index is 2.17. The van der Waals surface area contributed by atoms with Gasteiger partial charge in [-0.2, -0.15) is 0 Å². The van der Waals surface area contributed by atoms with Crippen molar-refractivity contribution in [3.05, 3.63) is 0 Å². The zero-order chi connectivity index (χ0) is 13.4. The predicted molar refractivity (Wildman–Crippen MR) is 66.4 cm³/mol. The third-order valence-corrected chi connectivity index (χ3v) is 2.94. The summed E-state index contributed by atoms with van der Waals surface area (Å²) in [5.41, 5.74) is 0. The van der Waals surface area contributed by atoms with Crippen LogP contribution < -0.4 is 5.32 Å². The first kappa shape index (κ1) is 14.9. The van der Waals surface area contributed by atoms with Crippen molar-refractivity contribution in [2.75, 3.05) is 32.8 Å². The molecular formula is C12H22N2O4. The molecule has 0 aromatic carbocycles. The first-order valence-electron chi connectivity index (χ1n) is 6.45. The van der Waals surface area contributed by atoms with Gasteiger partial charge < -0.3 is 20.1 Å². The van der Waals surface area contributed by atoms with Crippen molar-refractivity contribution in [1.29, 1.82) is 0 Å². The molecule has 0 unspecified atom stereocenters. The van der Waals surface area contributed by atoms with Crippen LogP contribution in [-0.2, 0) is 14.3 Å². The van der Waals surface area contributed by atoms with Gasteiger partial charge in [0.05, 0.1) is 12.6 Å². The maximum atomic E-state index is 11.8. The summed E-state index contributed by atoms with van der Waals surface area (Å²) in [4.78, 5) is 23.9. The standard InChI is InChI=1S/C12H22N2O4/c1-2-5-13-8-11(15)14-6-3-10(4-7-14)18-9-12(16)17/h10,13H,2-9H2,1H3,(H,16,17). The maximum Gasteiger partial charge on any atom is 0.329 e. The summed E-state index contributed by atoms with van der Waals surface area (Å²) in [6, 6.07) is 0. The number of ether oxygens (including phenoxy) is 1. The van der Waals surface area contributed by atoms with Crippen molar-refractivity contribution in [2.24, 2.45) is 0 Å². The van der Waals surface area contributed by atoms with Crippen LogP contribution in [0.5, 0.6) is 0 Å². The predicted octanol–water partition coefficient (Wildman–Crippen LogP) is 0.0782. The summed E-state index contributed by atoms with van der Waals surface area (Å²) in [5.74, 6) is -0.836. The Labute approximate surface area is 107 Å². The van der Waals surface area contributed by atoms with Gasteiger partial charge in [0.15, 0.2) is 0 Å². The number of likely N-dealkylation sites (tertiary alicyclic amines) is 1. The highest BCUT2D eigenvalue weighted by Gasteiger charge is 2.23. The molecule has 2 N–H and O–H groups in total. The Hall–Kier alpha value is -1.14. The van der Waals surface area contributed by atoms with Gasteiger partial charge in [0, 0.05) is 13.1 Å². The minimum absolute atomic E-state index is 0.0336. The average Bonchev–Trinajstić information content (AvgIpc) is 2.37. The van der Waals surface area contributed by atoms with E-state index in [1.54, 1.807) is 0 Å². The van der Waals surface area contributed by atoms with Crippen molar-refractivity contribution in [3.63, 3.8) is 0 Å². The number of carbonyl (C=O) groups is 2. The van der Waals surface area contributed by atoms with Crippen LogP contribution in [-0.4, -0.2) is 60.8 Å². The number of piperidine rings is 1. The van der Waals surface area contributed by atoms with E-state index in [9.17, 15) is 9.59 Å². The summed E-state index contributed by atoms with van der Waals surface area (Å²) < 4.78 is 5.22. The summed E-state index contributed by atoms with van der Waals surface area (Å²) >= 11 is 0. The van der Waals surface area contributed by atoms with Gasteiger partial charge in [0.25, 0.3) is 0 Å². The lowest BCUT2D eigenvalue weighted by Gasteiger charge is -2.31. The van der Waals surface area contributed by atoms with Gasteiger partial charge in [0.1, 0.15) is 6.61 Å². The molecule has 1 rings (SSSR count). The van der Waals surface area contributed by atoms with E-state index in [1.165, 1.54) is 0 Å². The van der Waals surface area contributed by atoms with E-state index >= 15 is 0 Å². The van der Waals surface area contributed by atoms with Crippen molar-refractivity contribution in [1.82, 2.24) is 10.2 Å². The number of amides is 1. The molecule has 1 aliphatic rings. The maximum absolute atomic E-state index is 11.8. The molecule has 104 valence electrons. The summed E-state index contributed by atoms with van der Waals surface area (Å²) in [7, 11) is 0. The second kappa shape index (κ2) is 8.05. The van der Waals surface area contributed by atoms with Gasteiger partial charge in [-0.05, 0) is 25.8 Å². The number of rotatable bonds is 7. The largest absolute Gasteiger partial charge is 0.480 e. The lowest BCUT2D eigenvalue weighted by molar-refractivity contribution is -0.146. The highest BCUT2D eigenvalue weighted by atomic mass is 16.5. The Kier molecular flexibility index (Phi) is 6.67. The molecule has 0 radical (unpaired) electrons. The summed E-state index contributed by atoms with van der Waals surface area (Å²) in [6.45, 7) is 4.34. The van der Waals surface area contributed by atoms with Crippen molar-refractivity contribution in [3.8, 4) is 0 Å². The van der Waals surface area contributed by atoms with E-state index in [2.05, 4.69) is 12.2 Å².